The molecule has 0 saturated heterocycles. The van der Waals surface area contributed by atoms with E-state index >= 15 is 0 Å². The molecule has 0 heterocycles. The third-order valence-electron chi connectivity index (χ3n) is 5.02. The molecule has 1 aliphatic rings. The van der Waals surface area contributed by atoms with Gasteiger partial charge in [0.05, 0.1) is 0 Å². The standard InChI is InChI=1S/C19H31N/c1-6-7-17-11-19(12-17,13-20-14(2)3)18-9-8-15(4)16(5)10-18/h8-10,14,17,20H,6-7,11-13H2,1-5H3. The maximum atomic E-state index is 3.68. The van der Waals surface area contributed by atoms with Crippen LogP contribution >= 0.6 is 0 Å². The van der Waals surface area contributed by atoms with Crippen molar-refractivity contribution in [3.8, 4) is 0 Å². The molecule has 1 aromatic carbocycles. The van der Waals surface area contributed by atoms with E-state index in [1.54, 1.807) is 5.56 Å². The molecule has 1 nitrogen and oxygen atoms in total. The van der Waals surface area contributed by atoms with Crippen molar-refractivity contribution in [2.45, 2.75) is 71.8 Å². The molecule has 2 rings (SSSR count). The van der Waals surface area contributed by atoms with Crippen LogP contribution in [-0.2, 0) is 5.41 Å². The summed E-state index contributed by atoms with van der Waals surface area (Å²) in [5.74, 6) is 0.940. The molecule has 112 valence electrons. The van der Waals surface area contributed by atoms with Gasteiger partial charge in [-0.15, -0.1) is 0 Å². The zero-order valence-corrected chi connectivity index (χ0v) is 13.9. The van der Waals surface area contributed by atoms with Crippen LogP contribution in [0.2, 0.25) is 0 Å². The zero-order chi connectivity index (χ0) is 14.8. The predicted octanol–water partition coefficient (Wildman–Crippen LogP) is 4.75. The van der Waals surface area contributed by atoms with E-state index in [0.29, 0.717) is 11.5 Å². The van der Waals surface area contributed by atoms with E-state index in [-0.39, 0.29) is 0 Å². The highest BCUT2D eigenvalue weighted by Crippen LogP contribution is 2.49. The highest BCUT2D eigenvalue weighted by Gasteiger charge is 2.44. The lowest BCUT2D eigenvalue weighted by molar-refractivity contribution is 0.126. The number of aryl methyl sites for hydroxylation is 2. The average molecular weight is 273 g/mol. The summed E-state index contributed by atoms with van der Waals surface area (Å²) in [4.78, 5) is 0. The Morgan fingerprint density at radius 1 is 1.20 bits per heavy atom. The highest BCUT2D eigenvalue weighted by molar-refractivity contribution is 5.37. The van der Waals surface area contributed by atoms with E-state index in [1.165, 1.54) is 36.8 Å². The van der Waals surface area contributed by atoms with Crippen molar-refractivity contribution in [2.75, 3.05) is 6.54 Å². The number of nitrogens with one attached hydrogen (secondary N) is 1. The van der Waals surface area contributed by atoms with Crippen molar-refractivity contribution >= 4 is 0 Å². The van der Waals surface area contributed by atoms with Gasteiger partial charge in [0.25, 0.3) is 0 Å². The first-order chi connectivity index (χ1) is 9.47. The number of benzene rings is 1. The maximum Gasteiger partial charge on any atom is 0.00832 e. The molecule has 0 unspecified atom stereocenters. The number of rotatable bonds is 6. The zero-order valence-electron chi connectivity index (χ0n) is 13.9. The van der Waals surface area contributed by atoms with Crippen molar-refractivity contribution < 1.29 is 0 Å². The molecule has 1 fully saturated rings. The molecule has 1 aromatic rings. The molecule has 0 atom stereocenters. The number of hydrogen-bond acceptors (Lipinski definition) is 1. The number of hydrogen-bond donors (Lipinski definition) is 1. The molecule has 0 amide bonds. The van der Waals surface area contributed by atoms with E-state index in [1.807, 2.05) is 0 Å². The van der Waals surface area contributed by atoms with Crippen LogP contribution in [0.5, 0.6) is 0 Å². The molecule has 1 aliphatic carbocycles. The molecule has 0 aromatic heterocycles. The summed E-state index contributed by atoms with van der Waals surface area (Å²) in [6.45, 7) is 12.4. The Hall–Kier alpha value is -0.820. The quantitative estimate of drug-likeness (QED) is 0.788. The van der Waals surface area contributed by atoms with Crippen LogP contribution in [0.3, 0.4) is 0 Å². The minimum atomic E-state index is 0.391. The lowest BCUT2D eigenvalue weighted by Crippen LogP contribution is -2.50. The van der Waals surface area contributed by atoms with Gasteiger partial charge in [0.2, 0.25) is 0 Å². The Kier molecular flexibility index (Phi) is 4.90. The Bertz CT molecular complexity index is 441. The van der Waals surface area contributed by atoms with E-state index in [4.69, 9.17) is 0 Å². The monoisotopic (exact) mass is 273 g/mol. The molecule has 20 heavy (non-hydrogen) atoms. The van der Waals surface area contributed by atoms with E-state index < -0.39 is 0 Å². The summed E-state index contributed by atoms with van der Waals surface area (Å²) in [5, 5.41) is 3.68. The predicted molar refractivity (Wildman–Crippen MR) is 88.4 cm³/mol. The summed E-state index contributed by atoms with van der Waals surface area (Å²) in [5.41, 5.74) is 4.79. The van der Waals surface area contributed by atoms with Gasteiger partial charge in [0.15, 0.2) is 0 Å². The fraction of sp³-hybridized carbons (Fsp3) is 0.684. The Morgan fingerprint density at radius 3 is 2.45 bits per heavy atom. The molecule has 1 saturated carbocycles. The SMILES string of the molecule is CCCC1CC(CNC(C)C)(c2ccc(C)c(C)c2)C1. The Balaban J connectivity index is 2.16. The molecule has 1 N–H and O–H groups in total. The van der Waals surface area contributed by atoms with Crippen molar-refractivity contribution in [3.05, 3.63) is 34.9 Å². The smallest absolute Gasteiger partial charge is 0.00832 e. The fourth-order valence-electron chi connectivity index (χ4n) is 3.61. The first-order valence-corrected chi connectivity index (χ1v) is 8.28. The summed E-state index contributed by atoms with van der Waals surface area (Å²) < 4.78 is 0. The topological polar surface area (TPSA) is 12.0 Å². The molecular weight excluding hydrogens is 242 g/mol. The first kappa shape index (κ1) is 15.6. The van der Waals surface area contributed by atoms with Crippen LogP contribution in [0, 0.1) is 19.8 Å². The first-order valence-electron chi connectivity index (χ1n) is 8.28. The van der Waals surface area contributed by atoms with E-state index in [0.717, 1.165) is 12.5 Å². The summed E-state index contributed by atoms with van der Waals surface area (Å²) in [6, 6.07) is 7.67. The van der Waals surface area contributed by atoms with Crippen LogP contribution in [-0.4, -0.2) is 12.6 Å². The Labute approximate surface area is 125 Å². The van der Waals surface area contributed by atoms with Gasteiger partial charge in [-0.25, -0.2) is 0 Å². The molecule has 1 heteroatoms. The van der Waals surface area contributed by atoms with Crippen LogP contribution in [0.4, 0.5) is 0 Å². The van der Waals surface area contributed by atoms with Crippen molar-refractivity contribution in [1.29, 1.82) is 0 Å². The Morgan fingerprint density at radius 2 is 1.90 bits per heavy atom. The van der Waals surface area contributed by atoms with Gasteiger partial charge in [0.1, 0.15) is 0 Å². The van der Waals surface area contributed by atoms with Gasteiger partial charge in [-0.3, -0.25) is 0 Å². The lowest BCUT2D eigenvalue weighted by Gasteiger charge is -2.49. The van der Waals surface area contributed by atoms with Gasteiger partial charge in [-0.2, -0.15) is 0 Å². The lowest BCUT2D eigenvalue weighted by atomic mass is 9.57. The molecule has 0 radical (unpaired) electrons. The van der Waals surface area contributed by atoms with E-state index in [9.17, 15) is 0 Å². The molecule has 0 bridgehead atoms. The van der Waals surface area contributed by atoms with Crippen LogP contribution < -0.4 is 5.32 Å². The second kappa shape index (κ2) is 6.30. The molecular formula is C19H31N. The normalized spacial score (nSPS) is 25.8. The third kappa shape index (κ3) is 3.25. The molecule has 0 spiro atoms. The maximum absolute atomic E-state index is 3.68. The van der Waals surface area contributed by atoms with Gasteiger partial charge in [-0.05, 0) is 49.3 Å². The van der Waals surface area contributed by atoms with Gasteiger partial charge < -0.3 is 5.32 Å². The fourth-order valence-corrected chi connectivity index (χ4v) is 3.61. The largest absolute Gasteiger partial charge is 0.314 e. The van der Waals surface area contributed by atoms with Crippen molar-refractivity contribution in [1.82, 2.24) is 5.32 Å². The van der Waals surface area contributed by atoms with E-state index in [2.05, 4.69) is 58.1 Å². The van der Waals surface area contributed by atoms with Crippen LogP contribution in [0.25, 0.3) is 0 Å². The minimum Gasteiger partial charge on any atom is -0.314 e. The second-order valence-corrected chi connectivity index (χ2v) is 7.18. The molecule has 0 aliphatic heterocycles. The van der Waals surface area contributed by atoms with Crippen molar-refractivity contribution in [2.24, 2.45) is 5.92 Å². The average Bonchev–Trinajstić information content (AvgIpc) is 2.35. The van der Waals surface area contributed by atoms with Crippen LogP contribution in [0.15, 0.2) is 18.2 Å². The highest BCUT2D eigenvalue weighted by atomic mass is 14.9. The second-order valence-electron chi connectivity index (χ2n) is 7.18. The van der Waals surface area contributed by atoms with Gasteiger partial charge >= 0.3 is 0 Å². The minimum absolute atomic E-state index is 0.391. The third-order valence-corrected chi connectivity index (χ3v) is 5.02. The van der Waals surface area contributed by atoms with Gasteiger partial charge in [0, 0.05) is 18.0 Å². The van der Waals surface area contributed by atoms with Crippen molar-refractivity contribution in [3.63, 3.8) is 0 Å². The summed E-state index contributed by atoms with van der Waals surface area (Å²) >= 11 is 0. The van der Waals surface area contributed by atoms with Gasteiger partial charge in [-0.1, -0.05) is 51.8 Å². The summed E-state index contributed by atoms with van der Waals surface area (Å²) in [6.07, 6.45) is 5.45. The summed E-state index contributed by atoms with van der Waals surface area (Å²) in [7, 11) is 0. The van der Waals surface area contributed by atoms with Crippen LogP contribution in [0.1, 0.15) is 63.1 Å².